The van der Waals surface area contributed by atoms with Crippen molar-refractivity contribution in [2.24, 2.45) is 5.73 Å². The highest BCUT2D eigenvalue weighted by Crippen LogP contribution is 2.00. The zero-order valence-corrected chi connectivity index (χ0v) is 9.70. The van der Waals surface area contributed by atoms with Gasteiger partial charge in [0.15, 0.2) is 6.54 Å². The van der Waals surface area contributed by atoms with Gasteiger partial charge in [-0.15, -0.1) is 0 Å². The van der Waals surface area contributed by atoms with Crippen molar-refractivity contribution in [1.82, 2.24) is 5.32 Å². The summed E-state index contributed by atoms with van der Waals surface area (Å²) in [6.07, 6.45) is 0. The first-order valence-electron chi connectivity index (χ1n) is 5.33. The van der Waals surface area contributed by atoms with Gasteiger partial charge in [-0.25, -0.2) is 4.79 Å². The van der Waals surface area contributed by atoms with Crippen LogP contribution in [0.2, 0.25) is 0 Å². The van der Waals surface area contributed by atoms with Crippen molar-refractivity contribution in [3.63, 3.8) is 0 Å². The third-order valence-corrected chi connectivity index (χ3v) is 2.08. The number of carboxylic acid groups (broad SMARTS) is 1. The largest absolute Gasteiger partial charge is 0.480 e. The van der Waals surface area contributed by atoms with E-state index in [1.165, 1.54) is 0 Å². The van der Waals surface area contributed by atoms with Crippen LogP contribution in [0.1, 0.15) is 5.56 Å². The minimum absolute atomic E-state index is 0.0220. The van der Waals surface area contributed by atoms with Crippen molar-refractivity contribution in [2.45, 2.75) is 12.6 Å². The molecule has 0 saturated carbocycles. The van der Waals surface area contributed by atoms with Gasteiger partial charge >= 0.3 is 5.97 Å². The number of hydrogen-bond acceptors (Lipinski definition) is 4. The van der Waals surface area contributed by atoms with E-state index in [4.69, 9.17) is 15.6 Å². The third kappa shape index (κ3) is 5.42. The lowest BCUT2D eigenvalue weighted by Crippen LogP contribution is -2.43. The Hall–Kier alpha value is -1.92. The van der Waals surface area contributed by atoms with Crippen LogP contribution in [-0.2, 0) is 20.9 Å². The Labute approximate surface area is 105 Å². The van der Waals surface area contributed by atoms with Crippen LogP contribution in [-0.4, -0.2) is 29.6 Å². The fraction of sp³-hybridized carbons (Fsp3) is 0.250. The summed E-state index contributed by atoms with van der Waals surface area (Å²) in [6.45, 7) is 1.01. The number of nitrogens with one attached hydrogen (secondary N) is 1. The Balaban J connectivity index is 2.22. The zero-order chi connectivity index (χ0) is 13.4. The van der Waals surface area contributed by atoms with Gasteiger partial charge in [0.05, 0.1) is 13.2 Å². The van der Waals surface area contributed by atoms with Crippen LogP contribution in [0.25, 0.3) is 0 Å². The Morgan fingerprint density at radius 2 is 2.06 bits per heavy atom. The molecule has 0 aliphatic carbocycles. The maximum atomic E-state index is 11.3. The van der Waals surface area contributed by atoms with E-state index < -0.39 is 17.9 Å². The summed E-state index contributed by atoms with van der Waals surface area (Å²) in [6, 6.07) is 8.54. The molecule has 6 nitrogen and oxygen atoms in total. The first-order valence-corrected chi connectivity index (χ1v) is 5.33. The second kappa shape index (κ2) is 7.41. The molecule has 0 fully saturated rings. The molecule has 1 unspecified atom stereocenters. The van der Waals surface area contributed by atoms with E-state index >= 15 is 0 Å². The van der Waals surface area contributed by atoms with Gasteiger partial charge in [0.1, 0.15) is 6.04 Å². The van der Waals surface area contributed by atoms with E-state index in [2.05, 4.69) is 5.32 Å². The molecule has 0 heterocycles. The number of benzene rings is 1. The molecule has 1 aromatic carbocycles. The van der Waals surface area contributed by atoms with E-state index in [0.29, 0.717) is 13.2 Å². The first kappa shape index (κ1) is 14.1. The average molecular weight is 251 g/mol. The predicted molar refractivity (Wildman–Crippen MR) is 64.2 cm³/mol. The van der Waals surface area contributed by atoms with Crippen molar-refractivity contribution in [3.8, 4) is 0 Å². The van der Waals surface area contributed by atoms with Gasteiger partial charge in [-0.2, -0.15) is 0 Å². The molecular weight excluding hydrogens is 236 g/mol. The van der Waals surface area contributed by atoms with Crippen LogP contribution in [0.4, 0.5) is 0 Å². The van der Waals surface area contributed by atoms with E-state index in [1.807, 2.05) is 30.3 Å². The topological polar surface area (TPSA) is 102 Å². The number of amides is 1. The summed E-state index contributed by atoms with van der Waals surface area (Å²) in [5.74, 6) is -1.83. The number of carboxylic acids is 1. The van der Waals surface area contributed by atoms with E-state index in [1.54, 1.807) is 0 Å². The highest BCUT2D eigenvalue weighted by atomic mass is 16.5. The van der Waals surface area contributed by atoms with Gasteiger partial charge in [-0.3, -0.25) is 4.79 Å². The van der Waals surface area contributed by atoms with Gasteiger partial charge in [0.2, 0.25) is 5.91 Å². The number of ether oxygens (including phenoxy) is 1. The SMILES string of the molecule is NC(COCc1ccccc1)C(=O)N[CH]C(=O)O. The molecule has 1 amide bonds. The molecular formula is C12H15N2O4. The van der Waals surface area contributed by atoms with Gasteiger partial charge in [-0.1, -0.05) is 30.3 Å². The Bertz CT molecular complexity index is 394. The molecule has 0 spiro atoms. The van der Waals surface area contributed by atoms with Crippen molar-refractivity contribution in [1.29, 1.82) is 0 Å². The van der Waals surface area contributed by atoms with Crippen LogP contribution < -0.4 is 11.1 Å². The van der Waals surface area contributed by atoms with Crippen LogP contribution in [0.5, 0.6) is 0 Å². The van der Waals surface area contributed by atoms with E-state index in [-0.39, 0.29) is 6.61 Å². The molecule has 1 atom stereocenters. The molecule has 1 aromatic rings. The summed E-state index contributed by atoms with van der Waals surface area (Å²) in [5.41, 5.74) is 6.49. The summed E-state index contributed by atoms with van der Waals surface area (Å²) in [4.78, 5) is 21.5. The Morgan fingerprint density at radius 3 is 2.67 bits per heavy atom. The summed E-state index contributed by atoms with van der Waals surface area (Å²) < 4.78 is 5.26. The van der Waals surface area contributed by atoms with Gasteiger partial charge in [-0.05, 0) is 5.56 Å². The van der Waals surface area contributed by atoms with Crippen molar-refractivity contribution < 1.29 is 19.4 Å². The monoisotopic (exact) mass is 251 g/mol. The van der Waals surface area contributed by atoms with Gasteiger partial charge in [0.25, 0.3) is 0 Å². The smallest absolute Gasteiger partial charge is 0.329 e. The number of rotatable bonds is 7. The molecule has 97 valence electrons. The van der Waals surface area contributed by atoms with Gasteiger partial charge in [0, 0.05) is 0 Å². The normalized spacial score (nSPS) is 11.8. The van der Waals surface area contributed by atoms with Gasteiger partial charge < -0.3 is 20.9 Å². The van der Waals surface area contributed by atoms with Crippen LogP contribution in [0.3, 0.4) is 0 Å². The second-order valence-corrected chi connectivity index (χ2v) is 3.60. The lowest BCUT2D eigenvalue weighted by Gasteiger charge is -2.11. The van der Waals surface area contributed by atoms with Crippen molar-refractivity contribution in [3.05, 3.63) is 42.4 Å². The summed E-state index contributed by atoms with van der Waals surface area (Å²) >= 11 is 0. The zero-order valence-electron chi connectivity index (χ0n) is 9.70. The molecule has 0 bridgehead atoms. The molecule has 0 aliphatic rings. The summed E-state index contributed by atoms with van der Waals surface area (Å²) in [5, 5.41) is 10.4. The quantitative estimate of drug-likeness (QED) is 0.627. The number of carbonyl (C=O) groups excluding carboxylic acids is 1. The molecule has 0 saturated heterocycles. The maximum Gasteiger partial charge on any atom is 0.329 e. The molecule has 1 rings (SSSR count). The highest BCUT2D eigenvalue weighted by molar-refractivity contribution is 5.88. The van der Waals surface area contributed by atoms with E-state index in [0.717, 1.165) is 5.56 Å². The first-order chi connectivity index (χ1) is 8.59. The molecule has 1 radical (unpaired) electrons. The van der Waals surface area contributed by atoms with Crippen molar-refractivity contribution >= 4 is 11.9 Å². The second-order valence-electron chi connectivity index (χ2n) is 3.60. The molecule has 6 heteroatoms. The molecule has 0 aliphatic heterocycles. The minimum atomic E-state index is -1.24. The molecule has 0 aromatic heterocycles. The van der Waals surface area contributed by atoms with Crippen molar-refractivity contribution in [2.75, 3.05) is 6.61 Å². The summed E-state index contributed by atoms with van der Waals surface area (Å²) in [7, 11) is 0. The standard InChI is InChI=1S/C12H15N2O4/c13-10(12(17)14-6-11(15)16)8-18-7-9-4-2-1-3-5-9/h1-6,10H,7-8,13H2,(H,14,17)(H,15,16). The lowest BCUT2D eigenvalue weighted by atomic mass is 10.2. The number of carbonyl (C=O) groups is 2. The highest BCUT2D eigenvalue weighted by Gasteiger charge is 2.14. The predicted octanol–water partition coefficient (Wildman–Crippen LogP) is -0.107. The number of hydrogen-bond donors (Lipinski definition) is 3. The lowest BCUT2D eigenvalue weighted by molar-refractivity contribution is -0.135. The fourth-order valence-corrected chi connectivity index (χ4v) is 1.19. The average Bonchev–Trinajstić information content (AvgIpc) is 2.37. The van der Waals surface area contributed by atoms with E-state index in [9.17, 15) is 9.59 Å². The Kier molecular flexibility index (Phi) is 5.83. The molecule has 18 heavy (non-hydrogen) atoms. The number of aliphatic carboxylic acids is 1. The third-order valence-electron chi connectivity index (χ3n) is 2.08. The van der Waals surface area contributed by atoms with Crippen LogP contribution in [0, 0.1) is 6.54 Å². The maximum absolute atomic E-state index is 11.3. The molecule has 4 N–H and O–H groups in total. The Morgan fingerprint density at radius 1 is 1.39 bits per heavy atom. The van der Waals surface area contributed by atoms with Crippen LogP contribution in [0.15, 0.2) is 30.3 Å². The van der Waals surface area contributed by atoms with Crippen LogP contribution >= 0.6 is 0 Å². The fourth-order valence-electron chi connectivity index (χ4n) is 1.19. The minimum Gasteiger partial charge on any atom is -0.480 e. The number of nitrogens with two attached hydrogens (primary N) is 1.